The van der Waals surface area contributed by atoms with Crippen LogP contribution in [0.5, 0.6) is 0 Å². The number of hydrogen-bond acceptors (Lipinski definition) is 4. The fourth-order valence-corrected chi connectivity index (χ4v) is 2.10. The van der Waals surface area contributed by atoms with Gasteiger partial charge in [0.05, 0.1) is 0 Å². The predicted molar refractivity (Wildman–Crippen MR) is 86.3 cm³/mol. The molecule has 0 aliphatic carbocycles. The van der Waals surface area contributed by atoms with Gasteiger partial charge in [-0.25, -0.2) is 4.39 Å². The lowest BCUT2D eigenvalue weighted by molar-refractivity contribution is 0.628. The highest BCUT2D eigenvalue weighted by Crippen LogP contribution is 2.12. The topological polar surface area (TPSA) is 70.7 Å². The van der Waals surface area contributed by atoms with Crippen molar-refractivity contribution in [3.63, 3.8) is 0 Å². The second kappa shape index (κ2) is 6.39. The molecule has 3 aromatic rings. The zero-order valence-corrected chi connectivity index (χ0v) is 12.5. The Kier molecular flexibility index (Phi) is 4.14. The highest BCUT2D eigenvalue weighted by atomic mass is 19.1. The van der Waals surface area contributed by atoms with Gasteiger partial charge in [-0.05, 0) is 36.8 Å². The number of anilines is 2. The number of nitrogens with one attached hydrogen (secondary N) is 2. The van der Waals surface area contributed by atoms with Crippen LogP contribution < -0.4 is 10.9 Å². The van der Waals surface area contributed by atoms with E-state index >= 15 is 0 Å². The fourth-order valence-electron chi connectivity index (χ4n) is 2.10. The van der Waals surface area contributed by atoms with Crippen molar-refractivity contribution in [1.82, 2.24) is 15.2 Å². The van der Waals surface area contributed by atoms with Crippen molar-refractivity contribution >= 4 is 11.6 Å². The Hall–Kier alpha value is -3.02. The van der Waals surface area contributed by atoms with Crippen LogP contribution in [0.2, 0.25) is 0 Å². The van der Waals surface area contributed by atoms with Crippen molar-refractivity contribution in [2.24, 2.45) is 0 Å². The van der Waals surface area contributed by atoms with Gasteiger partial charge in [0.15, 0.2) is 0 Å². The third kappa shape index (κ3) is 3.79. The van der Waals surface area contributed by atoms with Gasteiger partial charge in [0, 0.05) is 12.1 Å². The highest BCUT2D eigenvalue weighted by Gasteiger charge is 2.06. The second-order valence-electron chi connectivity index (χ2n) is 5.24. The van der Waals surface area contributed by atoms with Gasteiger partial charge in [-0.15, -0.1) is 10.2 Å². The van der Waals surface area contributed by atoms with E-state index in [9.17, 15) is 9.18 Å². The SMILES string of the molecule is Cc1ccc(Cc2nnc(Nc3ccc(F)cc3)[nH]c2=O)cc1. The Morgan fingerprint density at radius 1 is 1.04 bits per heavy atom. The molecule has 3 rings (SSSR count). The van der Waals surface area contributed by atoms with Crippen molar-refractivity contribution in [2.45, 2.75) is 13.3 Å². The zero-order chi connectivity index (χ0) is 16.2. The van der Waals surface area contributed by atoms with E-state index in [2.05, 4.69) is 20.5 Å². The molecule has 0 fully saturated rings. The molecule has 0 atom stereocenters. The van der Waals surface area contributed by atoms with Crippen LogP contribution in [0.25, 0.3) is 0 Å². The average Bonchev–Trinajstić information content (AvgIpc) is 2.54. The quantitative estimate of drug-likeness (QED) is 0.777. The van der Waals surface area contributed by atoms with Crippen LogP contribution in [0.1, 0.15) is 16.8 Å². The normalized spacial score (nSPS) is 10.5. The van der Waals surface area contributed by atoms with Crippen LogP contribution in [0.4, 0.5) is 16.0 Å². The molecule has 6 heteroatoms. The largest absolute Gasteiger partial charge is 0.324 e. The number of halogens is 1. The number of benzene rings is 2. The van der Waals surface area contributed by atoms with Crippen molar-refractivity contribution in [2.75, 3.05) is 5.32 Å². The number of rotatable bonds is 4. The van der Waals surface area contributed by atoms with Gasteiger partial charge in [0.1, 0.15) is 11.5 Å². The first-order valence-corrected chi connectivity index (χ1v) is 7.14. The molecule has 0 spiro atoms. The molecule has 23 heavy (non-hydrogen) atoms. The lowest BCUT2D eigenvalue weighted by atomic mass is 10.1. The Morgan fingerprint density at radius 3 is 2.39 bits per heavy atom. The number of nitrogens with zero attached hydrogens (tertiary/aromatic N) is 2. The summed E-state index contributed by atoms with van der Waals surface area (Å²) in [7, 11) is 0. The minimum atomic E-state index is -0.330. The molecular formula is C17H15FN4O. The predicted octanol–water partition coefficient (Wildman–Crippen LogP) is 2.95. The lowest BCUT2D eigenvalue weighted by Gasteiger charge is -2.05. The molecule has 0 amide bonds. The molecule has 5 nitrogen and oxygen atoms in total. The van der Waals surface area contributed by atoms with Crippen molar-refractivity contribution < 1.29 is 4.39 Å². The highest BCUT2D eigenvalue weighted by molar-refractivity contribution is 5.52. The molecule has 1 heterocycles. The first kappa shape index (κ1) is 14.9. The van der Waals surface area contributed by atoms with Gasteiger partial charge in [-0.2, -0.15) is 0 Å². The van der Waals surface area contributed by atoms with E-state index in [0.717, 1.165) is 11.1 Å². The molecule has 0 radical (unpaired) electrons. The molecule has 0 aliphatic heterocycles. The van der Waals surface area contributed by atoms with Gasteiger partial charge in [0.25, 0.3) is 5.56 Å². The van der Waals surface area contributed by atoms with Crippen LogP contribution in [0, 0.1) is 12.7 Å². The number of aromatic amines is 1. The van der Waals surface area contributed by atoms with Gasteiger partial charge in [-0.3, -0.25) is 9.78 Å². The summed E-state index contributed by atoms with van der Waals surface area (Å²) in [6, 6.07) is 13.6. The maximum atomic E-state index is 12.9. The lowest BCUT2D eigenvalue weighted by Crippen LogP contribution is -2.18. The minimum absolute atomic E-state index is 0.217. The molecule has 1 aromatic heterocycles. The van der Waals surface area contributed by atoms with Gasteiger partial charge >= 0.3 is 0 Å². The Labute approximate surface area is 132 Å². The second-order valence-corrected chi connectivity index (χ2v) is 5.24. The summed E-state index contributed by atoms with van der Waals surface area (Å²) < 4.78 is 12.9. The summed E-state index contributed by atoms with van der Waals surface area (Å²) in [6.45, 7) is 2.01. The molecule has 2 N–H and O–H groups in total. The summed E-state index contributed by atoms with van der Waals surface area (Å²) >= 11 is 0. The number of H-pyrrole nitrogens is 1. The Balaban J connectivity index is 1.76. The van der Waals surface area contributed by atoms with Crippen LogP contribution in [0.15, 0.2) is 53.3 Å². The van der Waals surface area contributed by atoms with Crippen molar-refractivity contribution in [3.8, 4) is 0 Å². The monoisotopic (exact) mass is 310 g/mol. The molecule has 0 saturated carbocycles. The molecule has 0 bridgehead atoms. The molecule has 0 saturated heterocycles. The van der Waals surface area contributed by atoms with Crippen LogP contribution in [0.3, 0.4) is 0 Å². The third-order valence-electron chi connectivity index (χ3n) is 3.36. The first-order chi connectivity index (χ1) is 11.1. The van der Waals surface area contributed by atoms with Gasteiger partial charge in [-0.1, -0.05) is 29.8 Å². The first-order valence-electron chi connectivity index (χ1n) is 7.14. The van der Waals surface area contributed by atoms with Gasteiger partial charge in [0.2, 0.25) is 5.95 Å². The maximum Gasteiger partial charge on any atom is 0.274 e. The molecule has 0 unspecified atom stereocenters. The van der Waals surface area contributed by atoms with E-state index in [4.69, 9.17) is 0 Å². The summed E-state index contributed by atoms with van der Waals surface area (Å²) in [6.07, 6.45) is 0.416. The average molecular weight is 310 g/mol. The molecule has 0 aliphatic rings. The third-order valence-corrected chi connectivity index (χ3v) is 3.36. The number of aryl methyl sites for hydroxylation is 1. The Morgan fingerprint density at radius 2 is 1.74 bits per heavy atom. The van der Waals surface area contributed by atoms with Crippen LogP contribution in [-0.2, 0) is 6.42 Å². The standard InChI is InChI=1S/C17H15FN4O/c1-11-2-4-12(5-3-11)10-15-16(23)20-17(22-21-15)19-14-8-6-13(18)7-9-14/h2-9H,10H2,1H3,(H2,19,20,22,23). The minimum Gasteiger partial charge on any atom is -0.324 e. The van der Waals surface area contributed by atoms with Crippen LogP contribution in [-0.4, -0.2) is 15.2 Å². The number of hydrogen-bond donors (Lipinski definition) is 2. The van der Waals surface area contributed by atoms with Crippen molar-refractivity contribution in [1.29, 1.82) is 0 Å². The van der Waals surface area contributed by atoms with E-state index in [1.54, 1.807) is 12.1 Å². The Bertz CT molecular complexity index is 857. The van der Waals surface area contributed by atoms with E-state index in [1.807, 2.05) is 31.2 Å². The maximum absolute atomic E-state index is 12.9. The van der Waals surface area contributed by atoms with Crippen LogP contribution >= 0.6 is 0 Å². The zero-order valence-electron chi connectivity index (χ0n) is 12.5. The molecule has 116 valence electrons. The fraction of sp³-hybridized carbons (Fsp3) is 0.118. The molecular weight excluding hydrogens is 295 g/mol. The van der Waals surface area contributed by atoms with E-state index in [0.29, 0.717) is 17.8 Å². The molecule has 2 aromatic carbocycles. The number of aromatic nitrogens is 3. The van der Waals surface area contributed by atoms with E-state index in [-0.39, 0.29) is 17.3 Å². The summed E-state index contributed by atoms with van der Waals surface area (Å²) in [4.78, 5) is 14.7. The summed E-state index contributed by atoms with van der Waals surface area (Å²) in [5.41, 5.74) is 2.81. The summed E-state index contributed by atoms with van der Waals surface area (Å²) in [5, 5.41) is 10.8. The summed E-state index contributed by atoms with van der Waals surface area (Å²) in [5.74, 6) is -0.113. The smallest absolute Gasteiger partial charge is 0.274 e. The van der Waals surface area contributed by atoms with E-state index in [1.165, 1.54) is 12.1 Å². The van der Waals surface area contributed by atoms with Gasteiger partial charge < -0.3 is 5.32 Å². The van der Waals surface area contributed by atoms with E-state index < -0.39 is 0 Å². The van der Waals surface area contributed by atoms with Crippen molar-refractivity contribution in [3.05, 3.63) is 81.5 Å².